The standard InChI is InChI=1S/C19H18F2N2O4S/c1-12(24)15(10-13-6-3-2-4-7-13)23-16(25)11-27-18(26)14-8-5-9-22-17(14)28-19(20)21/h2-9,15,19H,10-11H2,1H3,(H,23,25)/t15-/m0/s1. The lowest BCUT2D eigenvalue weighted by Crippen LogP contribution is -2.43. The number of benzene rings is 1. The quantitative estimate of drug-likeness (QED) is 0.507. The molecule has 0 aliphatic carbocycles. The fourth-order valence-corrected chi connectivity index (χ4v) is 2.88. The molecule has 1 atom stereocenters. The molecule has 2 rings (SSSR count). The van der Waals surface area contributed by atoms with Gasteiger partial charge in [-0.15, -0.1) is 0 Å². The Balaban J connectivity index is 1.93. The first-order chi connectivity index (χ1) is 13.4. The van der Waals surface area contributed by atoms with Crippen molar-refractivity contribution in [1.29, 1.82) is 0 Å². The van der Waals surface area contributed by atoms with E-state index in [0.29, 0.717) is 6.42 Å². The van der Waals surface area contributed by atoms with Crippen LogP contribution in [0.3, 0.4) is 0 Å². The number of ketones is 1. The minimum absolute atomic E-state index is 0.113. The van der Waals surface area contributed by atoms with E-state index in [-0.39, 0.29) is 28.1 Å². The van der Waals surface area contributed by atoms with Gasteiger partial charge in [0.1, 0.15) is 5.03 Å². The van der Waals surface area contributed by atoms with Gasteiger partial charge in [0.2, 0.25) is 0 Å². The molecule has 0 spiro atoms. The number of thioether (sulfide) groups is 1. The van der Waals surface area contributed by atoms with Gasteiger partial charge in [0.15, 0.2) is 12.4 Å². The first-order valence-corrected chi connectivity index (χ1v) is 9.15. The summed E-state index contributed by atoms with van der Waals surface area (Å²) in [5, 5.41) is 2.33. The van der Waals surface area contributed by atoms with E-state index < -0.39 is 30.3 Å². The molecule has 6 nitrogen and oxygen atoms in total. The second kappa shape index (κ2) is 10.5. The third-order valence-corrected chi connectivity index (χ3v) is 4.36. The van der Waals surface area contributed by atoms with Gasteiger partial charge in [-0.2, -0.15) is 8.78 Å². The zero-order valence-corrected chi connectivity index (χ0v) is 15.7. The van der Waals surface area contributed by atoms with Crippen LogP contribution >= 0.6 is 11.8 Å². The molecule has 0 aliphatic rings. The lowest BCUT2D eigenvalue weighted by molar-refractivity contribution is -0.128. The minimum Gasteiger partial charge on any atom is -0.452 e. The number of ether oxygens (including phenoxy) is 1. The molecule has 0 aliphatic heterocycles. The van der Waals surface area contributed by atoms with Crippen molar-refractivity contribution in [3.63, 3.8) is 0 Å². The lowest BCUT2D eigenvalue weighted by atomic mass is 10.0. The molecule has 1 heterocycles. The maximum absolute atomic E-state index is 12.6. The topological polar surface area (TPSA) is 85.4 Å². The molecule has 1 aromatic heterocycles. The number of rotatable bonds is 9. The number of Topliss-reactive ketones (excluding diaryl/α,β-unsaturated/α-hetero) is 1. The van der Waals surface area contributed by atoms with Gasteiger partial charge in [-0.1, -0.05) is 30.3 Å². The van der Waals surface area contributed by atoms with E-state index >= 15 is 0 Å². The summed E-state index contributed by atoms with van der Waals surface area (Å²) in [6.07, 6.45) is 1.57. The number of alkyl halides is 2. The van der Waals surface area contributed by atoms with Gasteiger partial charge < -0.3 is 10.1 Å². The normalized spacial score (nSPS) is 11.7. The Labute approximate surface area is 164 Å². The van der Waals surface area contributed by atoms with Crippen LogP contribution in [0.25, 0.3) is 0 Å². The van der Waals surface area contributed by atoms with E-state index in [2.05, 4.69) is 10.3 Å². The summed E-state index contributed by atoms with van der Waals surface area (Å²) in [7, 11) is 0. The summed E-state index contributed by atoms with van der Waals surface area (Å²) >= 11 is 0.113. The summed E-state index contributed by atoms with van der Waals surface area (Å²) in [6.45, 7) is 0.703. The minimum atomic E-state index is -2.75. The van der Waals surface area contributed by atoms with Crippen LogP contribution in [0.5, 0.6) is 0 Å². The first kappa shape index (κ1) is 21.5. The van der Waals surface area contributed by atoms with E-state index in [9.17, 15) is 23.2 Å². The summed E-state index contributed by atoms with van der Waals surface area (Å²) in [5.74, 6) is -4.62. The fraction of sp³-hybridized carbons (Fsp3) is 0.263. The van der Waals surface area contributed by atoms with Crippen molar-refractivity contribution in [3.8, 4) is 0 Å². The van der Waals surface area contributed by atoms with Crippen molar-refractivity contribution in [1.82, 2.24) is 10.3 Å². The molecule has 1 amide bonds. The maximum atomic E-state index is 12.6. The highest BCUT2D eigenvalue weighted by Crippen LogP contribution is 2.26. The number of carbonyl (C=O) groups excluding carboxylic acids is 3. The fourth-order valence-electron chi connectivity index (χ4n) is 2.32. The van der Waals surface area contributed by atoms with Crippen molar-refractivity contribution in [3.05, 3.63) is 59.8 Å². The number of nitrogens with zero attached hydrogens (tertiary/aromatic N) is 1. The second-order valence-electron chi connectivity index (χ2n) is 5.73. The molecule has 1 aromatic carbocycles. The third kappa shape index (κ3) is 6.73. The average molecular weight is 408 g/mol. The van der Waals surface area contributed by atoms with Crippen LogP contribution < -0.4 is 5.32 Å². The van der Waals surface area contributed by atoms with Gasteiger partial charge in [0.25, 0.3) is 11.7 Å². The van der Waals surface area contributed by atoms with E-state index in [1.807, 2.05) is 30.3 Å². The number of halogens is 2. The molecule has 0 fully saturated rings. The number of aromatic nitrogens is 1. The highest BCUT2D eigenvalue weighted by atomic mass is 32.2. The number of nitrogens with one attached hydrogen (secondary N) is 1. The Kier molecular flexibility index (Phi) is 8.06. The highest BCUT2D eigenvalue weighted by molar-refractivity contribution is 7.99. The third-order valence-electron chi connectivity index (χ3n) is 3.63. The molecule has 0 radical (unpaired) electrons. The second-order valence-corrected chi connectivity index (χ2v) is 6.71. The Morgan fingerprint density at radius 3 is 2.50 bits per heavy atom. The van der Waals surface area contributed by atoms with Crippen molar-refractivity contribution >= 4 is 29.4 Å². The first-order valence-electron chi connectivity index (χ1n) is 8.27. The average Bonchev–Trinajstić information content (AvgIpc) is 2.66. The lowest BCUT2D eigenvalue weighted by Gasteiger charge is -2.16. The number of hydrogen-bond acceptors (Lipinski definition) is 6. The molecular formula is C19H18F2N2O4S. The van der Waals surface area contributed by atoms with Crippen LogP contribution in [0.1, 0.15) is 22.8 Å². The van der Waals surface area contributed by atoms with Crippen molar-refractivity contribution < 1.29 is 27.9 Å². The van der Waals surface area contributed by atoms with Crippen LogP contribution in [0.15, 0.2) is 53.7 Å². The number of pyridine rings is 1. The Morgan fingerprint density at radius 2 is 1.86 bits per heavy atom. The summed E-state index contributed by atoms with van der Waals surface area (Å²) in [6, 6.07) is 11.0. The number of hydrogen-bond donors (Lipinski definition) is 1. The zero-order valence-electron chi connectivity index (χ0n) is 14.9. The molecule has 0 bridgehead atoms. The molecule has 148 valence electrons. The summed E-state index contributed by atoms with van der Waals surface area (Å²) < 4.78 is 30.0. The molecular weight excluding hydrogens is 390 g/mol. The number of esters is 1. The maximum Gasteiger partial charge on any atom is 0.341 e. The van der Waals surface area contributed by atoms with Crippen molar-refractivity contribution in [2.24, 2.45) is 0 Å². The summed E-state index contributed by atoms with van der Waals surface area (Å²) in [5.41, 5.74) is 0.706. The SMILES string of the molecule is CC(=O)[C@H](Cc1ccccc1)NC(=O)COC(=O)c1cccnc1SC(F)F. The molecule has 0 saturated heterocycles. The highest BCUT2D eigenvalue weighted by Gasteiger charge is 2.21. The van der Waals surface area contributed by atoms with E-state index in [0.717, 1.165) is 5.56 Å². The van der Waals surface area contributed by atoms with Crippen LogP contribution in [0, 0.1) is 0 Å². The van der Waals surface area contributed by atoms with Crippen LogP contribution in [-0.4, -0.2) is 41.0 Å². The molecule has 9 heteroatoms. The van der Waals surface area contributed by atoms with Gasteiger partial charge >= 0.3 is 5.97 Å². The smallest absolute Gasteiger partial charge is 0.341 e. The molecule has 2 aromatic rings. The van der Waals surface area contributed by atoms with Crippen molar-refractivity contribution in [2.75, 3.05) is 6.61 Å². The van der Waals surface area contributed by atoms with E-state index in [1.165, 1.54) is 25.3 Å². The summed E-state index contributed by atoms with van der Waals surface area (Å²) in [4.78, 5) is 39.7. The van der Waals surface area contributed by atoms with Gasteiger partial charge in [-0.3, -0.25) is 9.59 Å². The van der Waals surface area contributed by atoms with Gasteiger partial charge in [-0.25, -0.2) is 9.78 Å². The van der Waals surface area contributed by atoms with Crippen molar-refractivity contribution in [2.45, 2.75) is 30.2 Å². The molecule has 0 unspecified atom stereocenters. The van der Waals surface area contributed by atoms with Gasteiger partial charge in [0.05, 0.1) is 11.6 Å². The monoisotopic (exact) mass is 408 g/mol. The predicted octanol–water partition coefficient (Wildman–Crippen LogP) is 2.87. The Bertz CT molecular complexity index is 834. The van der Waals surface area contributed by atoms with Crippen LogP contribution in [-0.2, 0) is 20.7 Å². The van der Waals surface area contributed by atoms with E-state index in [1.54, 1.807) is 0 Å². The Morgan fingerprint density at radius 1 is 1.14 bits per heavy atom. The zero-order chi connectivity index (χ0) is 20.5. The van der Waals surface area contributed by atoms with Gasteiger partial charge in [-0.05, 0) is 42.8 Å². The molecule has 1 N–H and O–H groups in total. The largest absolute Gasteiger partial charge is 0.452 e. The molecule has 28 heavy (non-hydrogen) atoms. The molecule has 0 saturated carbocycles. The van der Waals surface area contributed by atoms with Gasteiger partial charge in [0, 0.05) is 6.20 Å². The Hall–Kier alpha value is -2.81. The number of amides is 1. The van der Waals surface area contributed by atoms with Crippen LogP contribution in [0.4, 0.5) is 8.78 Å². The van der Waals surface area contributed by atoms with E-state index in [4.69, 9.17) is 4.74 Å². The van der Waals surface area contributed by atoms with Crippen LogP contribution in [0.2, 0.25) is 0 Å². The number of carbonyl (C=O) groups is 3. The predicted molar refractivity (Wildman–Crippen MR) is 99.1 cm³/mol.